The van der Waals surface area contributed by atoms with Crippen LogP contribution < -0.4 is 0 Å². The molecule has 0 amide bonds. The van der Waals surface area contributed by atoms with E-state index in [0.717, 1.165) is 14.1 Å². The number of hydrogen-bond acceptors (Lipinski definition) is 2. The van der Waals surface area contributed by atoms with Crippen LogP contribution in [0.3, 0.4) is 0 Å². The summed E-state index contributed by atoms with van der Waals surface area (Å²) in [7, 11) is -1.77. The third kappa shape index (κ3) is 2.13. The van der Waals surface area contributed by atoms with Gasteiger partial charge in [-0.2, -0.15) is 0 Å². The molecular formula is C8H8F3NO2S. The largest absolute Gasteiger partial charge is 0.245 e. The molecule has 15 heavy (non-hydrogen) atoms. The molecule has 0 N–H and O–H groups in total. The van der Waals surface area contributed by atoms with E-state index in [1.807, 2.05) is 0 Å². The Morgan fingerprint density at radius 3 is 1.93 bits per heavy atom. The fourth-order valence-corrected chi connectivity index (χ4v) is 1.85. The first-order valence-corrected chi connectivity index (χ1v) is 5.28. The minimum atomic E-state index is -4.10. The Hall–Kier alpha value is -1.08. The average molecular weight is 239 g/mol. The van der Waals surface area contributed by atoms with Crippen molar-refractivity contribution in [1.29, 1.82) is 0 Å². The maximum atomic E-state index is 13.1. The van der Waals surface area contributed by atoms with Crippen molar-refractivity contribution < 1.29 is 21.6 Å². The van der Waals surface area contributed by atoms with Gasteiger partial charge in [0, 0.05) is 20.2 Å². The van der Waals surface area contributed by atoms with Gasteiger partial charge in [-0.3, -0.25) is 0 Å². The van der Waals surface area contributed by atoms with Gasteiger partial charge in [0.2, 0.25) is 10.0 Å². The highest BCUT2D eigenvalue weighted by Gasteiger charge is 2.23. The van der Waals surface area contributed by atoms with Crippen molar-refractivity contribution in [2.24, 2.45) is 0 Å². The molecule has 0 spiro atoms. The molecule has 0 aliphatic carbocycles. The van der Waals surface area contributed by atoms with Crippen LogP contribution in [0.4, 0.5) is 13.2 Å². The van der Waals surface area contributed by atoms with Gasteiger partial charge in [-0.1, -0.05) is 0 Å². The molecule has 0 aliphatic rings. The van der Waals surface area contributed by atoms with Crippen molar-refractivity contribution >= 4 is 10.0 Å². The Balaban J connectivity index is 3.46. The van der Waals surface area contributed by atoms with E-state index < -0.39 is 32.4 Å². The summed E-state index contributed by atoms with van der Waals surface area (Å²) < 4.78 is 61.9. The minimum Gasteiger partial charge on any atom is -0.207 e. The van der Waals surface area contributed by atoms with E-state index in [0.29, 0.717) is 10.4 Å². The molecule has 0 aromatic heterocycles. The maximum absolute atomic E-state index is 13.1. The van der Waals surface area contributed by atoms with E-state index in [-0.39, 0.29) is 6.07 Å². The molecule has 7 heteroatoms. The standard InChI is InChI=1S/C8H8F3NO2S/c1-12(2)15(13,14)8-4-6(10)5(9)3-7(8)11/h3-4H,1-2H3. The smallest absolute Gasteiger partial charge is 0.207 e. The summed E-state index contributed by atoms with van der Waals surface area (Å²) >= 11 is 0. The first kappa shape index (κ1) is 12.0. The highest BCUT2D eigenvalue weighted by atomic mass is 32.2. The molecule has 0 atom stereocenters. The van der Waals surface area contributed by atoms with Crippen LogP contribution in [-0.2, 0) is 10.0 Å². The second-order valence-electron chi connectivity index (χ2n) is 2.98. The normalized spacial score (nSPS) is 12.1. The lowest BCUT2D eigenvalue weighted by Gasteiger charge is -2.11. The van der Waals surface area contributed by atoms with E-state index in [1.165, 1.54) is 0 Å². The summed E-state index contributed by atoms with van der Waals surface area (Å²) in [5, 5.41) is 0. The van der Waals surface area contributed by atoms with Crippen molar-refractivity contribution in [3.8, 4) is 0 Å². The fourth-order valence-electron chi connectivity index (χ4n) is 0.899. The zero-order chi connectivity index (χ0) is 11.8. The molecule has 0 bridgehead atoms. The van der Waals surface area contributed by atoms with Gasteiger partial charge in [-0.25, -0.2) is 25.9 Å². The van der Waals surface area contributed by atoms with Gasteiger partial charge in [0.25, 0.3) is 0 Å². The Kier molecular flexibility index (Phi) is 3.05. The highest BCUT2D eigenvalue weighted by Crippen LogP contribution is 2.20. The molecule has 1 rings (SSSR count). The van der Waals surface area contributed by atoms with Crippen LogP contribution in [0.5, 0.6) is 0 Å². The Morgan fingerprint density at radius 2 is 1.47 bits per heavy atom. The van der Waals surface area contributed by atoms with Gasteiger partial charge in [0.05, 0.1) is 0 Å². The van der Waals surface area contributed by atoms with E-state index in [2.05, 4.69) is 0 Å². The lowest BCUT2D eigenvalue weighted by molar-refractivity contribution is 0.473. The molecule has 3 nitrogen and oxygen atoms in total. The molecule has 1 aromatic carbocycles. The van der Waals surface area contributed by atoms with Gasteiger partial charge >= 0.3 is 0 Å². The van der Waals surface area contributed by atoms with Crippen LogP contribution in [0.25, 0.3) is 0 Å². The molecule has 0 saturated heterocycles. The van der Waals surface area contributed by atoms with Crippen molar-refractivity contribution in [1.82, 2.24) is 4.31 Å². The maximum Gasteiger partial charge on any atom is 0.245 e. The average Bonchev–Trinajstić information content (AvgIpc) is 2.10. The topological polar surface area (TPSA) is 37.4 Å². The number of halogens is 3. The summed E-state index contributed by atoms with van der Waals surface area (Å²) in [4.78, 5) is -0.883. The van der Waals surface area contributed by atoms with Gasteiger partial charge in [0.1, 0.15) is 10.7 Å². The third-order valence-corrected chi connectivity index (χ3v) is 3.56. The Morgan fingerprint density at radius 1 is 1.00 bits per heavy atom. The van der Waals surface area contributed by atoms with Gasteiger partial charge in [-0.05, 0) is 6.07 Å². The number of sulfonamides is 1. The quantitative estimate of drug-likeness (QED) is 0.731. The summed E-state index contributed by atoms with van der Waals surface area (Å²) in [6.07, 6.45) is 0. The second-order valence-corrected chi connectivity index (χ2v) is 5.10. The van der Waals surface area contributed by atoms with Crippen molar-refractivity contribution in [3.05, 3.63) is 29.6 Å². The molecule has 0 aliphatic heterocycles. The monoisotopic (exact) mass is 239 g/mol. The molecular weight excluding hydrogens is 231 g/mol. The van der Waals surface area contributed by atoms with E-state index >= 15 is 0 Å². The van der Waals surface area contributed by atoms with Crippen LogP contribution in [0.1, 0.15) is 0 Å². The Bertz CT molecular complexity index is 485. The summed E-state index contributed by atoms with van der Waals surface area (Å²) in [5.41, 5.74) is 0. The minimum absolute atomic E-state index is 0.200. The van der Waals surface area contributed by atoms with Crippen LogP contribution in [-0.4, -0.2) is 26.8 Å². The van der Waals surface area contributed by atoms with Gasteiger partial charge in [0.15, 0.2) is 11.6 Å². The first-order chi connectivity index (χ1) is 6.76. The molecule has 0 fully saturated rings. The zero-order valence-corrected chi connectivity index (χ0v) is 8.78. The SMILES string of the molecule is CN(C)S(=O)(=O)c1cc(F)c(F)cc1F. The second kappa shape index (κ2) is 3.82. The summed E-state index contributed by atoms with van der Waals surface area (Å²) in [5.74, 6) is -4.15. The first-order valence-electron chi connectivity index (χ1n) is 3.84. The fraction of sp³-hybridized carbons (Fsp3) is 0.250. The third-order valence-electron chi connectivity index (χ3n) is 1.73. The lowest BCUT2D eigenvalue weighted by atomic mass is 10.3. The predicted octanol–water partition coefficient (Wildman–Crippen LogP) is 1.35. The number of nitrogens with zero attached hydrogens (tertiary/aromatic N) is 1. The number of rotatable bonds is 2. The van der Waals surface area contributed by atoms with Gasteiger partial charge < -0.3 is 0 Å². The van der Waals surface area contributed by atoms with E-state index in [4.69, 9.17) is 0 Å². The Labute approximate surface area is 85.2 Å². The zero-order valence-electron chi connectivity index (χ0n) is 7.96. The molecule has 0 radical (unpaired) electrons. The van der Waals surface area contributed by atoms with Crippen LogP contribution in [0.2, 0.25) is 0 Å². The molecule has 0 saturated carbocycles. The van der Waals surface area contributed by atoms with E-state index in [1.54, 1.807) is 0 Å². The summed E-state index contributed by atoms with van der Waals surface area (Å²) in [6.45, 7) is 0. The van der Waals surface area contributed by atoms with Crippen LogP contribution in [0, 0.1) is 17.5 Å². The number of hydrogen-bond donors (Lipinski definition) is 0. The van der Waals surface area contributed by atoms with Crippen molar-refractivity contribution in [2.75, 3.05) is 14.1 Å². The lowest BCUT2D eigenvalue weighted by Crippen LogP contribution is -2.23. The van der Waals surface area contributed by atoms with Crippen LogP contribution >= 0.6 is 0 Å². The van der Waals surface area contributed by atoms with Crippen LogP contribution in [0.15, 0.2) is 17.0 Å². The number of benzene rings is 1. The highest BCUT2D eigenvalue weighted by molar-refractivity contribution is 7.89. The molecule has 84 valence electrons. The predicted molar refractivity (Wildman–Crippen MR) is 47.2 cm³/mol. The van der Waals surface area contributed by atoms with Crippen molar-refractivity contribution in [3.63, 3.8) is 0 Å². The van der Waals surface area contributed by atoms with Gasteiger partial charge in [-0.15, -0.1) is 0 Å². The molecule has 1 aromatic rings. The molecule has 0 heterocycles. The molecule has 0 unspecified atom stereocenters. The summed E-state index contributed by atoms with van der Waals surface area (Å²) in [6, 6.07) is 0.520. The van der Waals surface area contributed by atoms with Crippen molar-refractivity contribution in [2.45, 2.75) is 4.90 Å². The van der Waals surface area contributed by atoms with E-state index in [9.17, 15) is 21.6 Å².